The van der Waals surface area contributed by atoms with Crippen LogP contribution in [0.1, 0.15) is 11.1 Å². The first-order valence-electron chi connectivity index (χ1n) is 2.95. The Kier molecular flexibility index (Phi) is 2.19. The van der Waals surface area contributed by atoms with Gasteiger partial charge in [-0.15, -0.1) is 0 Å². The molecule has 0 aliphatic heterocycles. The Morgan fingerprint density at radius 1 is 1.55 bits per heavy atom. The summed E-state index contributed by atoms with van der Waals surface area (Å²) in [5.74, 6) is -0.615. The summed E-state index contributed by atoms with van der Waals surface area (Å²) in [6.45, 7) is 0.710. The molecule has 0 heterocycles. The molecular formula is C8H5FNO. The lowest BCUT2D eigenvalue weighted by atomic mass is 10.1. The molecule has 0 saturated heterocycles. The fourth-order valence-corrected chi connectivity index (χ4v) is 0.766. The van der Waals surface area contributed by atoms with E-state index in [1.165, 1.54) is 18.2 Å². The molecule has 1 aromatic rings. The molecule has 1 N–H and O–H groups in total. The van der Waals surface area contributed by atoms with E-state index in [0.717, 1.165) is 0 Å². The minimum Gasteiger partial charge on any atom is -0.385 e. The zero-order valence-electron chi connectivity index (χ0n) is 5.58. The molecule has 0 amide bonds. The van der Waals surface area contributed by atoms with Crippen LogP contribution in [0.25, 0.3) is 0 Å². The SMILES string of the molecule is N#Cc1c(F)cccc1[CH]O. The Labute approximate surface area is 63.5 Å². The van der Waals surface area contributed by atoms with Gasteiger partial charge in [0.15, 0.2) is 0 Å². The number of hydrogen-bond acceptors (Lipinski definition) is 2. The number of nitrogens with zero attached hydrogens (tertiary/aromatic N) is 1. The molecule has 0 spiro atoms. The predicted octanol–water partition coefficient (Wildman–Crippen LogP) is 1.58. The second-order valence-corrected chi connectivity index (χ2v) is 1.94. The summed E-state index contributed by atoms with van der Waals surface area (Å²) < 4.78 is 12.7. The van der Waals surface area contributed by atoms with Gasteiger partial charge < -0.3 is 5.11 Å². The maximum absolute atomic E-state index is 12.7. The fraction of sp³-hybridized carbons (Fsp3) is 0. The molecule has 11 heavy (non-hydrogen) atoms. The van der Waals surface area contributed by atoms with Crippen LogP contribution in [0, 0.1) is 23.8 Å². The lowest BCUT2D eigenvalue weighted by molar-refractivity contribution is 0.413. The van der Waals surface area contributed by atoms with E-state index in [-0.39, 0.29) is 11.1 Å². The minimum atomic E-state index is -0.615. The van der Waals surface area contributed by atoms with Gasteiger partial charge in [-0.25, -0.2) is 4.39 Å². The van der Waals surface area contributed by atoms with E-state index in [1.54, 1.807) is 6.07 Å². The van der Waals surface area contributed by atoms with E-state index in [4.69, 9.17) is 10.4 Å². The summed E-state index contributed by atoms with van der Waals surface area (Å²) in [6, 6.07) is 5.71. The maximum atomic E-state index is 12.7. The van der Waals surface area contributed by atoms with Crippen molar-refractivity contribution in [3.8, 4) is 6.07 Å². The maximum Gasteiger partial charge on any atom is 0.141 e. The van der Waals surface area contributed by atoms with Crippen LogP contribution in [0.2, 0.25) is 0 Å². The molecule has 0 saturated carbocycles. The van der Waals surface area contributed by atoms with Crippen LogP contribution >= 0.6 is 0 Å². The molecule has 1 aromatic carbocycles. The van der Waals surface area contributed by atoms with Gasteiger partial charge in [-0.05, 0) is 6.07 Å². The number of aliphatic hydroxyl groups excluding tert-OH is 1. The smallest absolute Gasteiger partial charge is 0.141 e. The molecule has 2 nitrogen and oxygen atoms in total. The first-order valence-corrected chi connectivity index (χ1v) is 2.95. The summed E-state index contributed by atoms with van der Waals surface area (Å²) >= 11 is 0. The van der Waals surface area contributed by atoms with E-state index >= 15 is 0 Å². The van der Waals surface area contributed by atoms with Gasteiger partial charge >= 0.3 is 0 Å². The number of halogens is 1. The summed E-state index contributed by atoms with van der Waals surface area (Å²) in [5.41, 5.74) is 0.0718. The average molecular weight is 150 g/mol. The highest BCUT2D eigenvalue weighted by Crippen LogP contribution is 2.12. The molecule has 0 bridgehead atoms. The molecule has 0 aromatic heterocycles. The van der Waals surface area contributed by atoms with Gasteiger partial charge in [0.2, 0.25) is 0 Å². The first kappa shape index (κ1) is 7.70. The molecule has 0 aliphatic rings. The van der Waals surface area contributed by atoms with Gasteiger partial charge in [0.25, 0.3) is 0 Å². The van der Waals surface area contributed by atoms with Gasteiger partial charge in [-0.1, -0.05) is 12.1 Å². The number of aliphatic hydroxyl groups is 1. The van der Waals surface area contributed by atoms with Crippen LogP contribution < -0.4 is 0 Å². The lowest BCUT2D eigenvalue weighted by Crippen LogP contribution is -1.90. The normalized spacial score (nSPS) is 9.18. The molecule has 1 rings (SSSR count). The van der Waals surface area contributed by atoms with Crippen molar-refractivity contribution in [2.45, 2.75) is 0 Å². The standard InChI is InChI=1S/C8H5FNO/c9-8-3-1-2-6(5-11)7(8)4-10/h1-3,5,11H. The lowest BCUT2D eigenvalue weighted by Gasteiger charge is -1.97. The predicted molar refractivity (Wildman–Crippen MR) is 36.5 cm³/mol. The topological polar surface area (TPSA) is 44.0 Å². The summed E-state index contributed by atoms with van der Waals surface area (Å²) in [7, 11) is 0. The molecule has 0 atom stereocenters. The zero-order valence-corrected chi connectivity index (χ0v) is 5.58. The van der Waals surface area contributed by atoms with Gasteiger partial charge in [0, 0.05) is 5.56 Å². The molecule has 0 fully saturated rings. The Bertz CT molecular complexity index is 303. The Balaban J connectivity index is 3.27. The second-order valence-electron chi connectivity index (χ2n) is 1.94. The zero-order chi connectivity index (χ0) is 8.27. The van der Waals surface area contributed by atoms with Gasteiger partial charge in [0.1, 0.15) is 18.5 Å². The van der Waals surface area contributed by atoms with E-state index < -0.39 is 5.82 Å². The van der Waals surface area contributed by atoms with E-state index in [1.807, 2.05) is 0 Å². The Morgan fingerprint density at radius 3 is 2.73 bits per heavy atom. The quantitative estimate of drug-likeness (QED) is 0.660. The summed E-state index contributed by atoms with van der Waals surface area (Å²) in [5, 5.41) is 16.9. The van der Waals surface area contributed by atoms with Crippen LogP contribution in [0.15, 0.2) is 18.2 Å². The van der Waals surface area contributed by atoms with Crippen LogP contribution in [0.3, 0.4) is 0 Å². The number of nitriles is 1. The van der Waals surface area contributed by atoms with E-state index in [9.17, 15) is 4.39 Å². The van der Waals surface area contributed by atoms with Crippen molar-refractivity contribution >= 4 is 0 Å². The summed E-state index contributed by atoms with van der Waals surface area (Å²) in [4.78, 5) is 0. The Morgan fingerprint density at radius 2 is 2.27 bits per heavy atom. The van der Waals surface area contributed by atoms with Crippen molar-refractivity contribution < 1.29 is 9.50 Å². The fourth-order valence-electron chi connectivity index (χ4n) is 0.766. The molecule has 0 aliphatic carbocycles. The molecular weight excluding hydrogens is 145 g/mol. The van der Waals surface area contributed by atoms with Gasteiger partial charge in [0.05, 0.1) is 5.56 Å². The van der Waals surface area contributed by atoms with E-state index in [2.05, 4.69) is 0 Å². The Hall–Kier alpha value is -1.40. The van der Waals surface area contributed by atoms with Crippen LogP contribution in [-0.4, -0.2) is 5.11 Å². The number of benzene rings is 1. The number of hydrogen-bond donors (Lipinski definition) is 1. The van der Waals surface area contributed by atoms with Crippen LogP contribution in [0.4, 0.5) is 4.39 Å². The summed E-state index contributed by atoms with van der Waals surface area (Å²) in [6.07, 6.45) is 0. The highest BCUT2D eigenvalue weighted by Gasteiger charge is 2.05. The number of rotatable bonds is 1. The van der Waals surface area contributed by atoms with Gasteiger partial charge in [-0.2, -0.15) is 5.26 Å². The van der Waals surface area contributed by atoms with Crippen molar-refractivity contribution in [2.24, 2.45) is 0 Å². The highest BCUT2D eigenvalue weighted by molar-refractivity contribution is 5.41. The van der Waals surface area contributed by atoms with Crippen molar-refractivity contribution in [3.63, 3.8) is 0 Å². The first-order chi connectivity index (χ1) is 5.29. The minimum absolute atomic E-state index is 0.130. The highest BCUT2D eigenvalue weighted by atomic mass is 19.1. The molecule has 0 unspecified atom stereocenters. The third-order valence-corrected chi connectivity index (χ3v) is 1.30. The largest absolute Gasteiger partial charge is 0.385 e. The average Bonchev–Trinajstić information content (AvgIpc) is 2.04. The van der Waals surface area contributed by atoms with Gasteiger partial charge in [-0.3, -0.25) is 0 Å². The van der Waals surface area contributed by atoms with Crippen molar-refractivity contribution in [1.29, 1.82) is 5.26 Å². The van der Waals surface area contributed by atoms with Crippen LogP contribution in [0.5, 0.6) is 0 Å². The monoisotopic (exact) mass is 150 g/mol. The second kappa shape index (κ2) is 3.13. The third kappa shape index (κ3) is 1.36. The third-order valence-electron chi connectivity index (χ3n) is 1.30. The van der Waals surface area contributed by atoms with E-state index in [0.29, 0.717) is 6.61 Å². The molecule has 3 heteroatoms. The van der Waals surface area contributed by atoms with Crippen molar-refractivity contribution in [3.05, 3.63) is 41.8 Å². The molecule has 55 valence electrons. The molecule has 1 radical (unpaired) electrons. The van der Waals surface area contributed by atoms with Crippen LogP contribution in [-0.2, 0) is 0 Å². The van der Waals surface area contributed by atoms with Crippen molar-refractivity contribution in [2.75, 3.05) is 0 Å². The van der Waals surface area contributed by atoms with Crippen molar-refractivity contribution in [1.82, 2.24) is 0 Å².